The molecular weight excluding hydrogens is 348 g/mol. The lowest BCUT2D eigenvalue weighted by Crippen LogP contribution is -2.36. The number of methoxy groups -OCH3 is 4. The van der Waals surface area contributed by atoms with Crippen LogP contribution in [0.2, 0.25) is 0 Å². The zero-order chi connectivity index (χ0) is 18.8. The molecule has 0 spiro atoms. The van der Waals surface area contributed by atoms with E-state index in [9.17, 15) is 9.59 Å². The van der Waals surface area contributed by atoms with Crippen molar-refractivity contribution in [1.29, 1.82) is 0 Å². The second-order valence-electron chi connectivity index (χ2n) is 5.27. The molecule has 1 aliphatic rings. The van der Waals surface area contributed by atoms with Gasteiger partial charge in [0.05, 0.1) is 39.6 Å². The van der Waals surface area contributed by atoms with Gasteiger partial charge < -0.3 is 18.9 Å². The summed E-state index contributed by atoms with van der Waals surface area (Å²) in [6.07, 6.45) is 1.39. The predicted molar refractivity (Wildman–Crippen MR) is 93.4 cm³/mol. The van der Waals surface area contributed by atoms with E-state index in [1.807, 2.05) is 0 Å². The fourth-order valence-electron chi connectivity index (χ4n) is 2.76. The van der Waals surface area contributed by atoms with Crippen LogP contribution in [-0.4, -0.2) is 44.9 Å². The van der Waals surface area contributed by atoms with E-state index in [1.54, 1.807) is 12.1 Å². The Morgan fingerprint density at radius 2 is 1.56 bits per heavy atom. The zero-order valence-corrected chi connectivity index (χ0v) is 15.2. The summed E-state index contributed by atoms with van der Waals surface area (Å²) < 4.78 is 21.1. The quantitative estimate of drug-likeness (QED) is 0.420. The van der Waals surface area contributed by atoms with E-state index < -0.39 is 16.4 Å². The number of hydrogen-bond donors (Lipinski definition) is 0. The number of carbonyl (C=O) groups excluding carboxylic acids is 2. The maximum Gasteiger partial charge on any atom is 0.227 e. The van der Waals surface area contributed by atoms with Crippen LogP contribution in [0.15, 0.2) is 30.5 Å². The summed E-state index contributed by atoms with van der Waals surface area (Å²) in [6.45, 7) is 3.56. The Bertz CT molecular complexity index is 742. The number of alkyl halides is 1. The first kappa shape index (κ1) is 18.9. The van der Waals surface area contributed by atoms with Crippen LogP contribution in [-0.2, 0) is 14.3 Å². The highest BCUT2D eigenvalue weighted by Gasteiger charge is 2.55. The van der Waals surface area contributed by atoms with Crippen molar-refractivity contribution in [2.24, 2.45) is 0 Å². The molecule has 0 radical (unpaired) electrons. The van der Waals surface area contributed by atoms with Gasteiger partial charge >= 0.3 is 0 Å². The number of allylic oxidation sites excluding steroid dienone is 3. The van der Waals surface area contributed by atoms with Crippen LogP contribution in [0.3, 0.4) is 0 Å². The van der Waals surface area contributed by atoms with E-state index in [1.165, 1.54) is 34.5 Å². The minimum atomic E-state index is -1.78. The molecule has 1 aromatic carbocycles. The molecule has 6 nitrogen and oxygen atoms in total. The van der Waals surface area contributed by atoms with Gasteiger partial charge in [0.1, 0.15) is 17.2 Å². The van der Waals surface area contributed by atoms with Gasteiger partial charge in [-0.05, 0) is 6.42 Å². The van der Waals surface area contributed by atoms with Crippen LogP contribution in [0.4, 0.5) is 0 Å². The van der Waals surface area contributed by atoms with Crippen molar-refractivity contribution >= 4 is 28.7 Å². The Labute approximate surface area is 151 Å². The molecule has 1 aromatic rings. The summed E-state index contributed by atoms with van der Waals surface area (Å²) >= 11 is 6.34. The monoisotopic (exact) mass is 366 g/mol. The van der Waals surface area contributed by atoms with Crippen molar-refractivity contribution < 1.29 is 28.5 Å². The number of halogens is 1. The average Bonchev–Trinajstić information content (AvgIpc) is 2.81. The second-order valence-corrected chi connectivity index (χ2v) is 5.91. The van der Waals surface area contributed by atoms with E-state index in [0.29, 0.717) is 17.2 Å². The lowest BCUT2D eigenvalue weighted by atomic mass is 9.94. The summed E-state index contributed by atoms with van der Waals surface area (Å²) in [5.74, 6) is -0.280. The van der Waals surface area contributed by atoms with Gasteiger partial charge in [-0.3, -0.25) is 9.59 Å². The van der Waals surface area contributed by atoms with Crippen LogP contribution >= 0.6 is 11.6 Å². The lowest BCUT2D eigenvalue weighted by Gasteiger charge is -2.18. The van der Waals surface area contributed by atoms with E-state index in [4.69, 9.17) is 30.5 Å². The van der Waals surface area contributed by atoms with Gasteiger partial charge in [0, 0.05) is 12.1 Å². The van der Waals surface area contributed by atoms with Crippen molar-refractivity contribution in [3.8, 4) is 17.2 Å². The molecule has 1 atom stereocenters. The fraction of sp³-hybridized carbons (Fsp3) is 0.333. The lowest BCUT2D eigenvalue weighted by molar-refractivity contribution is -0.125. The van der Waals surface area contributed by atoms with Crippen LogP contribution in [0.25, 0.3) is 5.57 Å². The largest absolute Gasteiger partial charge is 0.496 e. The Kier molecular flexibility index (Phi) is 5.42. The highest BCUT2D eigenvalue weighted by atomic mass is 35.5. The van der Waals surface area contributed by atoms with E-state index >= 15 is 0 Å². The Morgan fingerprint density at radius 3 is 1.96 bits per heavy atom. The van der Waals surface area contributed by atoms with Crippen molar-refractivity contribution in [2.45, 2.75) is 11.3 Å². The molecule has 0 fully saturated rings. The smallest absolute Gasteiger partial charge is 0.227 e. The maximum atomic E-state index is 13.0. The Balaban J connectivity index is 2.79. The maximum absolute atomic E-state index is 13.0. The summed E-state index contributed by atoms with van der Waals surface area (Å²) in [7, 11) is 5.67. The molecule has 1 aliphatic carbocycles. The summed E-state index contributed by atoms with van der Waals surface area (Å²) in [4.78, 5) is 23.9. The molecule has 0 N–H and O–H groups in total. The molecule has 134 valence electrons. The van der Waals surface area contributed by atoms with Gasteiger partial charge in [-0.25, -0.2) is 0 Å². The van der Waals surface area contributed by atoms with E-state index in [2.05, 4.69) is 6.58 Å². The highest BCUT2D eigenvalue weighted by Crippen LogP contribution is 2.47. The van der Waals surface area contributed by atoms with Gasteiger partial charge in [0.25, 0.3) is 0 Å². The minimum absolute atomic E-state index is 0.0145. The number of carbonyl (C=O) groups is 2. The highest BCUT2D eigenvalue weighted by molar-refractivity contribution is 6.60. The molecule has 0 heterocycles. The standard InChI is InChI=1S/C18H19ClO6/c1-6-7-18(19)16(20)14(15(25-5)17(18)21)13-11(23-3)8-10(22-2)9-12(13)24-4/h6,8-9H,1,7H2,2-5H3. The normalized spacial score (nSPS) is 19.9. The molecule has 0 amide bonds. The number of Topliss-reactive ketones (excluding diaryl/α,β-unsaturated/α-hetero) is 2. The van der Waals surface area contributed by atoms with Crippen molar-refractivity contribution in [3.63, 3.8) is 0 Å². The van der Waals surface area contributed by atoms with Crippen LogP contribution in [0.1, 0.15) is 12.0 Å². The second kappa shape index (κ2) is 7.19. The average molecular weight is 367 g/mol. The number of rotatable bonds is 7. The molecule has 0 bridgehead atoms. The number of hydrogen-bond acceptors (Lipinski definition) is 6. The van der Waals surface area contributed by atoms with Crippen molar-refractivity contribution in [3.05, 3.63) is 36.1 Å². The number of ketones is 2. The SMILES string of the molecule is C=CCC1(Cl)C(=O)C(OC)=C(c2c(OC)cc(OC)cc2OC)C1=O. The molecule has 2 rings (SSSR count). The molecule has 0 saturated heterocycles. The van der Waals surface area contributed by atoms with Gasteiger partial charge in [-0.1, -0.05) is 6.08 Å². The van der Waals surface area contributed by atoms with Gasteiger partial charge in [-0.15, -0.1) is 18.2 Å². The van der Waals surface area contributed by atoms with Crippen LogP contribution in [0.5, 0.6) is 17.2 Å². The van der Waals surface area contributed by atoms with Crippen LogP contribution in [0, 0.1) is 0 Å². The van der Waals surface area contributed by atoms with Crippen molar-refractivity contribution in [1.82, 2.24) is 0 Å². The van der Waals surface area contributed by atoms with Crippen molar-refractivity contribution in [2.75, 3.05) is 28.4 Å². The Morgan fingerprint density at radius 1 is 1.00 bits per heavy atom. The topological polar surface area (TPSA) is 71.1 Å². The first-order chi connectivity index (χ1) is 11.9. The minimum Gasteiger partial charge on any atom is -0.496 e. The summed E-state index contributed by atoms with van der Waals surface area (Å²) in [6, 6.07) is 3.16. The predicted octanol–water partition coefficient (Wildman–Crippen LogP) is 2.78. The molecular formula is C18H19ClO6. The molecule has 7 heteroatoms. The summed E-state index contributed by atoms with van der Waals surface area (Å²) in [5, 5.41) is 0. The number of benzene rings is 1. The van der Waals surface area contributed by atoms with E-state index in [-0.39, 0.29) is 23.3 Å². The zero-order valence-electron chi connectivity index (χ0n) is 14.5. The Hall–Kier alpha value is -2.47. The van der Waals surface area contributed by atoms with Gasteiger partial charge in [0.15, 0.2) is 16.4 Å². The first-order valence-electron chi connectivity index (χ1n) is 7.37. The first-order valence-corrected chi connectivity index (χ1v) is 7.75. The van der Waals surface area contributed by atoms with Crippen LogP contribution < -0.4 is 14.2 Å². The van der Waals surface area contributed by atoms with Gasteiger partial charge in [0.2, 0.25) is 5.78 Å². The molecule has 25 heavy (non-hydrogen) atoms. The molecule has 0 aromatic heterocycles. The fourth-order valence-corrected chi connectivity index (χ4v) is 3.05. The summed E-state index contributed by atoms with van der Waals surface area (Å²) in [5.41, 5.74) is 0.299. The molecule has 1 unspecified atom stereocenters. The third-order valence-corrected chi connectivity index (χ3v) is 4.47. The van der Waals surface area contributed by atoms with Gasteiger partial charge in [-0.2, -0.15) is 0 Å². The number of ether oxygens (including phenoxy) is 4. The molecule has 0 saturated carbocycles. The third kappa shape index (κ3) is 2.87. The third-order valence-electron chi connectivity index (χ3n) is 3.97. The van der Waals surface area contributed by atoms with E-state index in [0.717, 1.165) is 0 Å². The molecule has 0 aliphatic heterocycles.